The summed E-state index contributed by atoms with van der Waals surface area (Å²) in [7, 11) is 2.07. The lowest BCUT2D eigenvalue weighted by Gasteiger charge is -2.40. The number of anilines is 2. The highest BCUT2D eigenvalue weighted by Crippen LogP contribution is 2.43. The molecule has 0 spiro atoms. The Bertz CT molecular complexity index is 861. The molecule has 1 aromatic carbocycles. The fourth-order valence-corrected chi connectivity index (χ4v) is 4.21. The first kappa shape index (κ1) is 15.9. The Morgan fingerprint density at radius 2 is 2.28 bits per heavy atom. The molecule has 2 aromatic rings. The van der Waals surface area contributed by atoms with E-state index in [-0.39, 0.29) is 12.1 Å². The third-order valence-electron chi connectivity index (χ3n) is 5.70. The summed E-state index contributed by atoms with van der Waals surface area (Å²) in [6.07, 6.45) is 4.29. The number of pyridine rings is 1. The fourth-order valence-electron chi connectivity index (χ4n) is 4.21. The van der Waals surface area contributed by atoms with E-state index in [1.807, 2.05) is 18.2 Å². The number of nitrogen functional groups attached to an aromatic ring is 1. The maximum absolute atomic E-state index is 9.90. The van der Waals surface area contributed by atoms with Crippen LogP contribution in [0.25, 0.3) is 11.1 Å². The number of likely N-dealkylation sites (N-methyl/N-ethyl adjacent to an activating group) is 1. The number of nitrogens with zero attached hydrogens (tertiary/aromatic N) is 4. The molecule has 3 heterocycles. The number of hydrogen-bond acceptors (Lipinski definition) is 6. The Kier molecular flexibility index (Phi) is 3.64. The predicted molar refractivity (Wildman–Crippen MR) is 97.0 cm³/mol. The van der Waals surface area contributed by atoms with E-state index < -0.39 is 0 Å². The van der Waals surface area contributed by atoms with Crippen LogP contribution in [0.5, 0.6) is 0 Å². The average molecular weight is 335 g/mol. The average Bonchev–Trinajstić information content (AvgIpc) is 3.17. The summed E-state index contributed by atoms with van der Waals surface area (Å²) in [4.78, 5) is 8.71. The molecule has 2 fully saturated rings. The minimum absolute atomic E-state index is 0.150. The zero-order chi connectivity index (χ0) is 17.6. The van der Waals surface area contributed by atoms with Crippen LogP contribution in [0.1, 0.15) is 12.0 Å². The number of piperazine rings is 1. The lowest BCUT2D eigenvalue weighted by molar-refractivity contribution is 0.0899. The summed E-state index contributed by atoms with van der Waals surface area (Å²) in [5.41, 5.74) is 10.1. The minimum Gasteiger partial charge on any atom is -0.397 e. The molecule has 128 valence electrons. The normalized spacial score (nSPS) is 25.3. The maximum Gasteiger partial charge on any atom is 0.0999 e. The Morgan fingerprint density at radius 1 is 1.44 bits per heavy atom. The molecule has 0 radical (unpaired) electrons. The van der Waals surface area contributed by atoms with E-state index in [1.54, 1.807) is 18.5 Å². The maximum atomic E-state index is 9.90. The van der Waals surface area contributed by atoms with Gasteiger partial charge < -0.3 is 15.7 Å². The molecule has 2 atom stereocenters. The number of aliphatic hydroxyl groups excluding tert-OH is 1. The standard InChI is InChI=1S/C19H21N5O/c1-23-10-15-7-19(23,12-25)11-24(15)18-6-13(2-3-17(18)21)16-9-22-5-4-14(16)8-20/h2-6,9,15,25H,7,10-12,21H2,1H3/t15-,19-/m0/s1. The number of hydrogen-bond donors (Lipinski definition) is 2. The van der Waals surface area contributed by atoms with Crippen molar-refractivity contribution in [1.82, 2.24) is 9.88 Å². The fraction of sp³-hybridized carbons (Fsp3) is 0.368. The molecule has 4 rings (SSSR count). The highest BCUT2D eigenvalue weighted by molar-refractivity contribution is 5.79. The summed E-state index contributed by atoms with van der Waals surface area (Å²) in [5.74, 6) is 0. The molecule has 1 aromatic heterocycles. The van der Waals surface area contributed by atoms with Gasteiger partial charge in [0, 0.05) is 37.1 Å². The van der Waals surface area contributed by atoms with E-state index in [2.05, 4.69) is 27.9 Å². The predicted octanol–water partition coefficient (Wildman–Crippen LogP) is 1.46. The van der Waals surface area contributed by atoms with Crippen molar-refractivity contribution in [2.75, 3.05) is 37.4 Å². The molecule has 0 aliphatic carbocycles. The quantitative estimate of drug-likeness (QED) is 0.826. The molecule has 0 saturated carbocycles. The first-order valence-corrected chi connectivity index (χ1v) is 8.41. The van der Waals surface area contributed by atoms with E-state index in [1.165, 1.54) is 0 Å². The first-order chi connectivity index (χ1) is 12.1. The monoisotopic (exact) mass is 335 g/mol. The van der Waals surface area contributed by atoms with Crippen molar-refractivity contribution in [2.45, 2.75) is 18.0 Å². The van der Waals surface area contributed by atoms with Crippen molar-refractivity contribution >= 4 is 11.4 Å². The number of fused-ring (bicyclic) bond motifs is 2. The highest BCUT2D eigenvalue weighted by Gasteiger charge is 2.53. The topological polar surface area (TPSA) is 89.4 Å². The summed E-state index contributed by atoms with van der Waals surface area (Å²) in [6.45, 7) is 1.83. The van der Waals surface area contributed by atoms with Gasteiger partial charge in [-0.3, -0.25) is 9.88 Å². The summed E-state index contributed by atoms with van der Waals surface area (Å²) < 4.78 is 0. The zero-order valence-electron chi connectivity index (χ0n) is 14.2. The van der Waals surface area contributed by atoms with Crippen LogP contribution >= 0.6 is 0 Å². The van der Waals surface area contributed by atoms with E-state index in [4.69, 9.17) is 5.73 Å². The second kappa shape index (κ2) is 5.73. The van der Waals surface area contributed by atoms with Gasteiger partial charge >= 0.3 is 0 Å². The van der Waals surface area contributed by atoms with E-state index in [0.717, 1.165) is 42.0 Å². The number of likely N-dealkylation sites (tertiary alicyclic amines) is 1. The molecule has 6 heteroatoms. The Hall–Kier alpha value is -2.62. The third-order valence-corrected chi connectivity index (χ3v) is 5.70. The molecule has 25 heavy (non-hydrogen) atoms. The molecule has 0 unspecified atom stereocenters. The number of rotatable bonds is 3. The van der Waals surface area contributed by atoms with Crippen LogP contribution < -0.4 is 10.6 Å². The third kappa shape index (κ3) is 2.36. The molecule has 2 aliphatic rings. The van der Waals surface area contributed by atoms with Crippen LogP contribution in [0.3, 0.4) is 0 Å². The lowest BCUT2D eigenvalue weighted by Crippen LogP contribution is -2.54. The van der Waals surface area contributed by atoms with Crippen molar-refractivity contribution in [2.24, 2.45) is 0 Å². The molecular weight excluding hydrogens is 314 g/mol. The molecule has 2 aliphatic heterocycles. The van der Waals surface area contributed by atoms with E-state index in [0.29, 0.717) is 11.6 Å². The van der Waals surface area contributed by atoms with Crippen molar-refractivity contribution in [1.29, 1.82) is 5.26 Å². The SMILES string of the molecule is CN1C[C@@H]2C[C@@]1(CO)CN2c1cc(-c2cnccc2C#N)ccc1N. The molecular formula is C19H21N5O. The Labute approximate surface area is 147 Å². The number of aromatic nitrogens is 1. The summed E-state index contributed by atoms with van der Waals surface area (Å²) in [6, 6.07) is 10.1. The van der Waals surface area contributed by atoms with Gasteiger partial charge in [0.2, 0.25) is 0 Å². The second-order valence-electron chi connectivity index (χ2n) is 7.06. The first-order valence-electron chi connectivity index (χ1n) is 8.41. The van der Waals surface area contributed by atoms with Crippen LogP contribution in [-0.2, 0) is 0 Å². The largest absolute Gasteiger partial charge is 0.397 e. The van der Waals surface area contributed by atoms with Crippen LogP contribution in [-0.4, -0.2) is 53.3 Å². The minimum atomic E-state index is -0.181. The van der Waals surface area contributed by atoms with E-state index >= 15 is 0 Å². The molecule has 6 nitrogen and oxygen atoms in total. The number of nitriles is 1. The van der Waals surface area contributed by atoms with Crippen molar-refractivity contribution in [3.05, 3.63) is 42.2 Å². The summed E-state index contributed by atoms with van der Waals surface area (Å²) in [5, 5.41) is 19.3. The van der Waals surface area contributed by atoms with Gasteiger partial charge in [-0.05, 0) is 37.2 Å². The van der Waals surface area contributed by atoms with Gasteiger partial charge in [0.25, 0.3) is 0 Å². The number of aliphatic hydroxyl groups is 1. The van der Waals surface area contributed by atoms with Crippen molar-refractivity contribution in [3.8, 4) is 17.2 Å². The second-order valence-corrected chi connectivity index (χ2v) is 7.06. The van der Waals surface area contributed by atoms with Gasteiger partial charge in [-0.2, -0.15) is 5.26 Å². The van der Waals surface area contributed by atoms with Crippen LogP contribution in [0.15, 0.2) is 36.7 Å². The Morgan fingerprint density at radius 3 is 3.00 bits per heavy atom. The van der Waals surface area contributed by atoms with Crippen LogP contribution in [0.2, 0.25) is 0 Å². The summed E-state index contributed by atoms with van der Waals surface area (Å²) >= 11 is 0. The van der Waals surface area contributed by atoms with Crippen molar-refractivity contribution < 1.29 is 5.11 Å². The van der Waals surface area contributed by atoms with E-state index in [9.17, 15) is 10.4 Å². The molecule has 2 bridgehead atoms. The number of benzene rings is 1. The van der Waals surface area contributed by atoms with Crippen molar-refractivity contribution in [3.63, 3.8) is 0 Å². The van der Waals surface area contributed by atoms with Gasteiger partial charge in [0.05, 0.1) is 35.2 Å². The smallest absolute Gasteiger partial charge is 0.0999 e. The van der Waals surface area contributed by atoms with Gasteiger partial charge in [-0.15, -0.1) is 0 Å². The number of nitrogens with two attached hydrogens (primary N) is 1. The molecule has 0 amide bonds. The molecule has 2 saturated heterocycles. The molecule has 3 N–H and O–H groups in total. The highest BCUT2D eigenvalue weighted by atomic mass is 16.3. The Balaban J connectivity index is 1.74. The lowest BCUT2D eigenvalue weighted by atomic mass is 10.00. The van der Waals surface area contributed by atoms with Gasteiger partial charge in [0.1, 0.15) is 0 Å². The van der Waals surface area contributed by atoms with Gasteiger partial charge in [-0.25, -0.2) is 0 Å². The van der Waals surface area contributed by atoms with Crippen LogP contribution in [0, 0.1) is 11.3 Å². The van der Waals surface area contributed by atoms with Crippen LogP contribution in [0.4, 0.5) is 11.4 Å². The van der Waals surface area contributed by atoms with Gasteiger partial charge in [0.15, 0.2) is 0 Å². The van der Waals surface area contributed by atoms with Gasteiger partial charge in [-0.1, -0.05) is 6.07 Å². The zero-order valence-corrected chi connectivity index (χ0v) is 14.2.